The molecule has 2 heterocycles. The van der Waals surface area contributed by atoms with Gasteiger partial charge < -0.3 is 4.42 Å². The van der Waals surface area contributed by atoms with E-state index in [1.54, 1.807) is 6.26 Å². The SMILES string of the molecule is c1oc2cc1C2. The lowest BCUT2D eigenvalue weighted by Gasteiger charge is -1.93. The molecule has 1 aromatic rings. The lowest BCUT2D eigenvalue weighted by Crippen LogP contribution is -1.86. The molecule has 0 aromatic carbocycles. The third-order valence-electron chi connectivity index (χ3n) is 1.09. The average Bonchev–Trinajstić information content (AvgIpc) is 1.72. The molecular weight excluding hydrogens is 76.1 g/mol. The third-order valence-corrected chi connectivity index (χ3v) is 1.09. The van der Waals surface area contributed by atoms with E-state index < -0.39 is 0 Å². The minimum atomic E-state index is 1.08. The van der Waals surface area contributed by atoms with Crippen LogP contribution < -0.4 is 0 Å². The molecule has 1 heteroatoms. The minimum absolute atomic E-state index is 1.08. The van der Waals surface area contributed by atoms with E-state index in [0.29, 0.717) is 0 Å². The molecule has 3 rings (SSSR count). The highest BCUT2D eigenvalue weighted by molar-refractivity contribution is 5.28. The Balaban J connectivity index is 2.95. The number of rotatable bonds is 0. The Hall–Kier alpha value is -0.720. The van der Waals surface area contributed by atoms with Gasteiger partial charge in [0.15, 0.2) is 0 Å². The Morgan fingerprint density at radius 3 is 2.67 bits per heavy atom. The van der Waals surface area contributed by atoms with Gasteiger partial charge in [-0.1, -0.05) is 0 Å². The van der Waals surface area contributed by atoms with Crippen molar-refractivity contribution in [3.63, 3.8) is 0 Å². The molecule has 2 bridgehead atoms. The monoisotopic (exact) mass is 80.0 g/mol. The van der Waals surface area contributed by atoms with Crippen molar-refractivity contribution in [2.45, 2.75) is 6.42 Å². The zero-order valence-corrected chi connectivity index (χ0v) is 3.27. The van der Waals surface area contributed by atoms with Gasteiger partial charge in [0.1, 0.15) is 5.76 Å². The maximum atomic E-state index is 4.93. The maximum absolute atomic E-state index is 4.93. The molecule has 0 saturated carbocycles. The van der Waals surface area contributed by atoms with Crippen LogP contribution in [0.3, 0.4) is 0 Å². The Labute approximate surface area is 35.6 Å². The molecule has 6 heavy (non-hydrogen) atoms. The van der Waals surface area contributed by atoms with Crippen LogP contribution in [-0.4, -0.2) is 0 Å². The normalized spacial score (nSPS) is 14.0. The van der Waals surface area contributed by atoms with Gasteiger partial charge in [0.05, 0.1) is 6.26 Å². The number of hydrogen-bond acceptors (Lipinski definition) is 1. The van der Waals surface area contributed by atoms with Gasteiger partial charge in [0, 0.05) is 6.42 Å². The number of furan rings is 1. The first kappa shape index (κ1) is 2.45. The van der Waals surface area contributed by atoms with Crippen LogP contribution in [0, 0.1) is 0 Å². The molecule has 30 valence electrons. The van der Waals surface area contributed by atoms with E-state index >= 15 is 0 Å². The van der Waals surface area contributed by atoms with Gasteiger partial charge >= 0.3 is 0 Å². The van der Waals surface area contributed by atoms with Crippen molar-refractivity contribution < 1.29 is 4.42 Å². The van der Waals surface area contributed by atoms with E-state index in [4.69, 9.17) is 4.42 Å². The smallest absolute Gasteiger partial charge is 0.108 e. The molecule has 0 radical (unpaired) electrons. The zero-order chi connectivity index (χ0) is 3.98. The quantitative estimate of drug-likeness (QED) is 0.463. The topological polar surface area (TPSA) is 13.1 Å². The Morgan fingerprint density at radius 1 is 1.67 bits per heavy atom. The summed E-state index contributed by atoms with van der Waals surface area (Å²) in [4.78, 5) is 0. The fraction of sp³-hybridized carbons (Fsp3) is 0.200. The van der Waals surface area contributed by atoms with Crippen LogP contribution in [0.1, 0.15) is 11.3 Å². The van der Waals surface area contributed by atoms with Crippen LogP contribution in [0.2, 0.25) is 0 Å². The fourth-order valence-electron chi connectivity index (χ4n) is 0.682. The molecule has 0 atom stereocenters. The highest BCUT2D eigenvalue weighted by Crippen LogP contribution is 2.21. The molecule has 1 aliphatic heterocycles. The molecule has 0 saturated heterocycles. The van der Waals surface area contributed by atoms with E-state index in [-0.39, 0.29) is 0 Å². The Kier molecular flexibility index (Phi) is 0.219. The van der Waals surface area contributed by atoms with Gasteiger partial charge in [-0.3, -0.25) is 0 Å². The van der Waals surface area contributed by atoms with Gasteiger partial charge in [-0.25, -0.2) is 0 Å². The second kappa shape index (κ2) is 0.535. The highest BCUT2D eigenvalue weighted by Gasteiger charge is 2.11. The van der Waals surface area contributed by atoms with Crippen molar-refractivity contribution in [2.75, 3.05) is 0 Å². The van der Waals surface area contributed by atoms with Crippen LogP contribution in [0.4, 0.5) is 0 Å². The molecule has 0 unspecified atom stereocenters. The van der Waals surface area contributed by atoms with E-state index in [1.165, 1.54) is 5.56 Å². The summed E-state index contributed by atoms with van der Waals surface area (Å²) < 4.78 is 4.93. The number of hydrogen-bond donors (Lipinski definition) is 0. The van der Waals surface area contributed by atoms with Crippen molar-refractivity contribution in [2.24, 2.45) is 0 Å². The van der Waals surface area contributed by atoms with E-state index in [2.05, 4.69) is 6.07 Å². The Morgan fingerprint density at radius 2 is 2.50 bits per heavy atom. The lowest BCUT2D eigenvalue weighted by molar-refractivity contribution is 0.542. The summed E-state index contributed by atoms with van der Waals surface area (Å²) in [5.74, 6) is 1.13. The molecule has 1 aliphatic carbocycles. The van der Waals surface area contributed by atoms with Crippen molar-refractivity contribution in [3.05, 3.63) is 23.7 Å². The molecule has 0 N–H and O–H groups in total. The molecule has 2 aliphatic rings. The second-order valence-corrected chi connectivity index (χ2v) is 1.60. The molecule has 0 spiro atoms. The standard InChI is InChI=1S/C5H4O/c1-4-2-5(1)6-3-4/h1,3H,2H2. The summed E-state index contributed by atoms with van der Waals surface area (Å²) in [6, 6.07) is 2.06. The summed E-state index contributed by atoms with van der Waals surface area (Å²) in [5, 5.41) is 0. The van der Waals surface area contributed by atoms with Crippen molar-refractivity contribution in [3.8, 4) is 0 Å². The minimum Gasteiger partial charge on any atom is -0.469 e. The van der Waals surface area contributed by atoms with E-state index in [1.807, 2.05) is 0 Å². The van der Waals surface area contributed by atoms with Crippen LogP contribution in [0.25, 0.3) is 0 Å². The summed E-state index contributed by atoms with van der Waals surface area (Å²) in [7, 11) is 0. The van der Waals surface area contributed by atoms with Crippen LogP contribution in [0.5, 0.6) is 0 Å². The summed E-state index contributed by atoms with van der Waals surface area (Å²) in [5.41, 5.74) is 1.34. The third kappa shape index (κ3) is 0.113. The predicted molar refractivity (Wildman–Crippen MR) is 21.5 cm³/mol. The predicted octanol–water partition coefficient (Wildman–Crippen LogP) is 1.18. The summed E-state index contributed by atoms with van der Waals surface area (Å²) >= 11 is 0. The largest absolute Gasteiger partial charge is 0.469 e. The Bertz CT molecular complexity index is 140. The van der Waals surface area contributed by atoms with Gasteiger partial charge in [0.2, 0.25) is 0 Å². The molecule has 1 nitrogen and oxygen atoms in total. The van der Waals surface area contributed by atoms with Crippen LogP contribution >= 0.6 is 0 Å². The fourth-order valence-corrected chi connectivity index (χ4v) is 0.682. The van der Waals surface area contributed by atoms with E-state index in [0.717, 1.165) is 12.2 Å². The number of fused-ring (bicyclic) bond motifs is 1. The van der Waals surface area contributed by atoms with Gasteiger partial charge in [-0.2, -0.15) is 0 Å². The van der Waals surface area contributed by atoms with Gasteiger partial charge in [-0.05, 0) is 11.6 Å². The second-order valence-electron chi connectivity index (χ2n) is 1.60. The van der Waals surface area contributed by atoms with Crippen molar-refractivity contribution >= 4 is 0 Å². The lowest BCUT2D eigenvalue weighted by atomic mass is 10.1. The highest BCUT2D eigenvalue weighted by atomic mass is 16.3. The molecule has 0 amide bonds. The first-order valence-electron chi connectivity index (χ1n) is 2.01. The molecule has 1 aromatic heterocycles. The first-order chi connectivity index (χ1) is 2.95. The van der Waals surface area contributed by atoms with E-state index in [9.17, 15) is 0 Å². The van der Waals surface area contributed by atoms with Crippen molar-refractivity contribution in [1.29, 1.82) is 0 Å². The van der Waals surface area contributed by atoms with Gasteiger partial charge in [-0.15, -0.1) is 0 Å². The first-order valence-corrected chi connectivity index (χ1v) is 2.01. The van der Waals surface area contributed by atoms with Crippen molar-refractivity contribution in [1.82, 2.24) is 0 Å². The van der Waals surface area contributed by atoms with Crippen LogP contribution in [-0.2, 0) is 6.42 Å². The summed E-state index contributed by atoms with van der Waals surface area (Å²) in [6.07, 6.45) is 2.88. The van der Waals surface area contributed by atoms with Crippen LogP contribution in [0.15, 0.2) is 16.7 Å². The zero-order valence-electron chi connectivity index (χ0n) is 3.27. The summed E-state index contributed by atoms with van der Waals surface area (Å²) in [6.45, 7) is 0. The molecule has 0 fully saturated rings. The molecular formula is C5H4O. The average molecular weight is 80.1 g/mol. The van der Waals surface area contributed by atoms with Gasteiger partial charge in [0.25, 0.3) is 0 Å². The maximum Gasteiger partial charge on any atom is 0.108 e.